The Morgan fingerprint density at radius 1 is 0.500 bits per heavy atom. The van der Waals surface area contributed by atoms with Crippen LogP contribution in [0, 0.1) is 13.8 Å². The van der Waals surface area contributed by atoms with Crippen molar-refractivity contribution in [3.63, 3.8) is 0 Å². The average Bonchev–Trinajstić information content (AvgIpc) is 2.99. The molecule has 4 aromatic carbocycles. The summed E-state index contributed by atoms with van der Waals surface area (Å²) >= 11 is 0. The first kappa shape index (κ1) is 31.6. The Hall–Kier alpha value is -3.38. The molecule has 0 bridgehead atoms. The molecule has 10 heteroatoms. The highest BCUT2D eigenvalue weighted by atomic mass is 32.2. The molecule has 0 spiro atoms. The van der Waals surface area contributed by atoms with E-state index < -0.39 is 45.7 Å². The Labute approximate surface area is 248 Å². The van der Waals surface area contributed by atoms with Gasteiger partial charge < -0.3 is 9.47 Å². The third-order valence-corrected chi connectivity index (χ3v) is 9.01. The first-order valence-corrected chi connectivity index (χ1v) is 16.2. The third kappa shape index (κ3) is 9.32. The molecule has 0 amide bonds. The van der Waals surface area contributed by atoms with Crippen LogP contribution in [0.25, 0.3) is 0 Å². The van der Waals surface area contributed by atoms with Crippen LogP contribution in [-0.2, 0) is 51.3 Å². The topological polar surface area (TPSA) is 105 Å². The summed E-state index contributed by atoms with van der Waals surface area (Å²) in [6, 6.07) is 31.2. The highest BCUT2D eigenvalue weighted by Crippen LogP contribution is 2.20. The van der Waals surface area contributed by atoms with E-state index in [0.717, 1.165) is 22.3 Å². The maximum atomic E-state index is 13.0. The summed E-state index contributed by atoms with van der Waals surface area (Å²) in [5.74, 6) is 0. The monoisotopic (exact) mass is 610 g/mol. The molecule has 0 aliphatic rings. The van der Waals surface area contributed by atoms with Crippen LogP contribution < -0.4 is 0 Å². The molecule has 4 rings (SSSR count). The molecule has 0 radical (unpaired) electrons. The summed E-state index contributed by atoms with van der Waals surface area (Å²) in [5.41, 5.74) is 3.47. The summed E-state index contributed by atoms with van der Waals surface area (Å²) in [6.07, 6.45) is -2.02. The molecular weight excluding hydrogens is 576 g/mol. The highest BCUT2D eigenvalue weighted by Gasteiger charge is 2.30. The van der Waals surface area contributed by atoms with E-state index in [9.17, 15) is 16.8 Å². The number of benzene rings is 4. The molecule has 0 N–H and O–H groups in total. The highest BCUT2D eigenvalue weighted by molar-refractivity contribution is 7.87. The number of rotatable bonds is 15. The number of hydrogen-bond donors (Lipinski definition) is 0. The second kappa shape index (κ2) is 14.7. The zero-order valence-electron chi connectivity index (χ0n) is 23.5. The zero-order chi connectivity index (χ0) is 30.0. The zero-order valence-corrected chi connectivity index (χ0v) is 25.1. The van der Waals surface area contributed by atoms with Gasteiger partial charge >= 0.3 is 0 Å². The lowest BCUT2D eigenvalue weighted by Crippen LogP contribution is -2.40. The van der Waals surface area contributed by atoms with Crippen LogP contribution in [0.4, 0.5) is 0 Å². The Bertz CT molecular complexity index is 1480. The molecule has 42 heavy (non-hydrogen) atoms. The maximum absolute atomic E-state index is 13.0. The molecule has 0 unspecified atom stereocenters. The minimum absolute atomic E-state index is 0.00476. The molecule has 0 heterocycles. The van der Waals surface area contributed by atoms with Gasteiger partial charge in [-0.2, -0.15) is 16.8 Å². The molecule has 0 aromatic heterocycles. The molecule has 0 aliphatic carbocycles. The standard InChI is InChI=1S/C32H34O8S2/c1-25-13-17-29(18-14-25)41(33,34)39-23-31(37-21-27-9-5-3-6-10-27)32(38-22-28-11-7-4-8-12-28)24-40-42(35,36)30-19-15-26(2)16-20-30/h3-20,31-32H,21-24H2,1-2H3/t31-,32-/m1/s1. The summed E-state index contributed by atoms with van der Waals surface area (Å²) in [5, 5.41) is 0. The second-order valence-electron chi connectivity index (χ2n) is 9.77. The lowest BCUT2D eigenvalue weighted by atomic mass is 10.2. The van der Waals surface area contributed by atoms with Gasteiger partial charge in [0.2, 0.25) is 0 Å². The Morgan fingerprint density at radius 3 is 1.17 bits per heavy atom. The van der Waals surface area contributed by atoms with Crippen LogP contribution in [0.15, 0.2) is 119 Å². The van der Waals surface area contributed by atoms with Crippen molar-refractivity contribution in [1.29, 1.82) is 0 Å². The van der Waals surface area contributed by atoms with Gasteiger partial charge in [-0.25, -0.2) is 0 Å². The minimum Gasteiger partial charge on any atom is -0.368 e. The lowest BCUT2D eigenvalue weighted by Gasteiger charge is -2.27. The Morgan fingerprint density at radius 2 is 0.833 bits per heavy atom. The van der Waals surface area contributed by atoms with Crippen molar-refractivity contribution >= 4 is 20.2 Å². The van der Waals surface area contributed by atoms with Crippen LogP contribution in [0.3, 0.4) is 0 Å². The fourth-order valence-electron chi connectivity index (χ4n) is 3.94. The van der Waals surface area contributed by atoms with Gasteiger partial charge in [-0.1, -0.05) is 96.1 Å². The molecule has 0 aliphatic heterocycles. The summed E-state index contributed by atoms with van der Waals surface area (Å²) in [4.78, 5) is -0.00951. The van der Waals surface area contributed by atoms with Crippen molar-refractivity contribution in [2.45, 2.75) is 49.1 Å². The fraction of sp³-hybridized carbons (Fsp3) is 0.250. The number of ether oxygens (including phenoxy) is 2. The average molecular weight is 611 g/mol. The quantitative estimate of drug-likeness (QED) is 0.161. The van der Waals surface area contributed by atoms with Crippen molar-refractivity contribution in [2.24, 2.45) is 0 Å². The number of aryl methyl sites for hydroxylation is 2. The summed E-state index contributed by atoms with van der Waals surface area (Å²) in [6.45, 7) is 3.05. The van der Waals surface area contributed by atoms with Crippen LogP contribution in [0.1, 0.15) is 22.3 Å². The van der Waals surface area contributed by atoms with E-state index in [-0.39, 0.29) is 23.0 Å². The molecule has 222 valence electrons. The van der Waals surface area contributed by atoms with Crippen LogP contribution in [0.5, 0.6) is 0 Å². The molecule has 0 fully saturated rings. The molecular formula is C32H34O8S2. The van der Waals surface area contributed by atoms with E-state index in [0.29, 0.717) is 0 Å². The largest absolute Gasteiger partial charge is 0.368 e. The fourth-order valence-corrected chi connectivity index (χ4v) is 5.78. The second-order valence-corrected chi connectivity index (χ2v) is 13.0. The molecule has 2 atom stereocenters. The van der Waals surface area contributed by atoms with Gasteiger partial charge in [0, 0.05) is 0 Å². The van der Waals surface area contributed by atoms with Gasteiger partial charge in [0.05, 0.1) is 36.2 Å². The van der Waals surface area contributed by atoms with E-state index in [4.69, 9.17) is 17.8 Å². The Kier molecular flexibility index (Phi) is 11.0. The summed E-state index contributed by atoms with van der Waals surface area (Å²) in [7, 11) is -8.28. The van der Waals surface area contributed by atoms with Gasteiger partial charge in [0.15, 0.2) is 0 Å². The van der Waals surface area contributed by atoms with Crippen LogP contribution in [-0.4, -0.2) is 42.3 Å². The molecule has 0 saturated heterocycles. The number of hydrogen-bond acceptors (Lipinski definition) is 8. The first-order chi connectivity index (χ1) is 20.1. The predicted molar refractivity (Wildman–Crippen MR) is 159 cm³/mol. The molecule has 8 nitrogen and oxygen atoms in total. The first-order valence-electron chi connectivity index (χ1n) is 13.4. The van der Waals surface area contributed by atoms with Crippen molar-refractivity contribution in [3.05, 3.63) is 131 Å². The van der Waals surface area contributed by atoms with Crippen molar-refractivity contribution in [2.75, 3.05) is 13.2 Å². The maximum Gasteiger partial charge on any atom is 0.297 e. The lowest BCUT2D eigenvalue weighted by molar-refractivity contribution is -0.111. The van der Waals surface area contributed by atoms with Gasteiger partial charge in [0.25, 0.3) is 20.2 Å². The SMILES string of the molecule is Cc1ccc(S(=O)(=O)OC[C@@H](OCc2ccccc2)[C@@H](COS(=O)(=O)c2ccc(C)cc2)OCc2ccccc2)cc1. The normalized spacial score (nSPS) is 13.5. The smallest absolute Gasteiger partial charge is 0.297 e. The molecule has 4 aromatic rings. The van der Waals surface area contributed by atoms with Gasteiger partial charge in [-0.05, 0) is 49.2 Å². The van der Waals surface area contributed by atoms with E-state index in [1.54, 1.807) is 24.3 Å². The predicted octanol–water partition coefficient (Wildman–Crippen LogP) is 5.59. The van der Waals surface area contributed by atoms with E-state index in [1.807, 2.05) is 74.5 Å². The van der Waals surface area contributed by atoms with E-state index >= 15 is 0 Å². The van der Waals surface area contributed by atoms with Gasteiger partial charge in [0.1, 0.15) is 12.2 Å². The van der Waals surface area contributed by atoms with E-state index in [2.05, 4.69) is 0 Å². The summed E-state index contributed by atoms with van der Waals surface area (Å²) < 4.78 is 75.1. The van der Waals surface area contributed by atoms with E-state index in [1.165, 1.54) is 24.3 Å². The van der Waals surface area contributed by atoms with Gasteiger partial charge in [-0.15, -0.1) is 0 Å². The van der Waals surface area contributed by atoms with Gasteiger partial charge in [-0.3, -0.25) is 8.37 Å². The third-order valence-electron chi connectivity index (χ3n) is 6.42. The van der Waals surface area contributed by atoms with Crippen LogP contribution in [0.2, 0.25) is 0 Å². The molecule has 0 saturated carbocycles. The van der Waals surface area contributed by atoms with Crippen molar-refractivity contribution < 1.29 is 34.7 Å². The Balaban J connectivity index is 1.58. The minimum atomic E-state index is -4.14. The van der Waals surface area contributed by atoms with Crippen molar-refractivity contribution in [3.8, 4) is 0 Å². The van der Waals surface area contributed by atoms with Crippen LogP contribution >= 0.6 is 0 Å². The van der Waals surface area contributed by atoms with Crippen molar-refractivity contribution in [1.82, 2.24) is 0 Å².